The summed E-state index contributed by atoms with van der Waals surface area (Å²) in [6.45, 7) is 0. The Morgan fingerprint density at radius 2 is 2.00 bits per heavy atom. The zero-order chi connectivity index (χ0) is 8.81. The second-order valence-electron chi connectivity index (χ2n) is 3.63. The van der Waals surface area contributed by atoms with Crippen LogP contribution in [0.15, 0.2) is 5.16 Å². The monoisotopic (exact) mass is 170 g/mol. The van der Waals surface area contributed by atoms with Crippen molar-refractivity contribution in [1.29, 1.82) is 0 Å². The summed E-state index contributed by atoms with van der Waals surface area (Å²) < 4.78 is 0. The molecule has 0 unspecified atom stereocenters. The van der Waals surface area contributed by atoms with Crippen molar-refractivity contribution >= 4 is 5.84 Å². The predicted octanol–water partition coefficient (Wildman–Crippen LogP) is 2.09. The highest BCUT2D eigenvalue weighted by Gasteiger charge is 2.13. The van der Waals surface area contributed by atoms with Crippen LogP contribution in [0.2, 0.25) is 0 Å². The number of nitrogens with zero attached hydrogens (tertiary/aromatic N) is 1. The quantitative estimate of drug-likeness (QED) is 0.295. The van der Waals surface area contributed by atoms with Crippen molar-refractivity contribution in [2.45, 2.75) is 44.9 Å². The number of amidine groups is 1. The lowest BCUT2D eigenvalue weighted by Gasteiger charge is -2.20. The number of hydrogen-bond acceptors (Lipinski definition) is 2. The minimum atomic E-state index is 0.376. The van der Waals surface area contributed by atoms with Gasteiger partial charge in [0.05, 0.1) is 0 Å². The first-order valence-electron chi connectivity index (χ1n) is 4.79. The Morgan fingerprint density at radius 1 is 1.33 bits per heavy atom. The van der Waals surface area contributed by atoms with Gasteiger partial charge in [0.15, 0.2) is 0 Å². The van der Waals surface area contributed by atoms with E-state index in [9.17, 15) is 0 Å². The molecule has 0 aromatic rings. The van der Waals surface area contributed by atoms with E-state index in [0.29, 0.717) is 5.84 Å². The molecule has 0 aromatic carbocycles. The van der Waals surface area contributed by atoms with Crippen LogP contribution in [-0.2, 0) is 0 Å². The van der Waals surface area contributed by atoms with Crippen molar-refractivity contribution in [3.8, 4) is 0 Å². The molecule has 3 nitrogen and oxygen atoms in total. The third-order valence-electron chi connectivity index (χ3n) is 2.66. The number of oxime groups is 1. The van der Waals surface area contributed by atoms with Gasteiger partial charge in [-0.1, -0.05) is 37.3 Å². The van der Waals surface area contributed by atoms with E-state index < -0.39 is 0 Å². The highest BCUT2D eigenvalue weighted by molar-refractivity contribution is 5.79. The van der Waals surface area contributed by atoms with Crippen LogP contribution in [0.1, 0.15) is 44.9 Å². The van der Waals surface area contributed by atoms with Crippen molar-refractivity contribution in [1.82, 2.24) is 0 Å². The zero-order valence-electron chi connectivity index (χ0n) is 7.50. The third kappa shape index (κ3) is 3.11. The Bertz CT molecular complexity index is 151. The molecule has 70 valence electrons. The summed E-state index contributed by atoms with van der Waals surface area (Å²) in [6.07, 6.45) is 8.62. The summed E-state index contributed by atoms with van der Waals surface area (Å²) in [6, 6.07) is 0. The summed E-state index contributed by atoms with van der Waals surface area (Å²) in [7, 11) is 0. The van der Waals surface area contributed by atoms with Gasteiger partial charge in [-0.25, -0.2) is 0 Å². The van der Waals surface area contributed by atoms with Crippen LogP contribution in [0.4, 0.5) is 0 Å². The Morgan fingerprint density at radius 3 is 2.58 bits per heavy atom. The molecule has 0 spiro atoms. The van der Waals surface area contributed by atoms with Gasteiger partial charge in [-0.2, -0.15) is 0 Å². The molecule has 1 rings (SSSR count). The zero-order valence-corrected chi connectivity index (χ0v) is 7.50. The van der Waals surface area contributed by atoms with Gasteiger partial charge in [0.2, 0.25) is 0 Å². The Kier molecular flexibility index (Phi) is 3.91. The van der Waals surface area contributed by atoms with Crippen LogP contribution in [0.5, 0.6) is 0 Å². The van der Waals surface area contributed by atoms with Gasteiger partial charge >= 0.3 is 0 Å². The topological polar surface area (TPSA) is 58.6 Å². The van der Waals surface area contributed by atoms with Crippen LogP contribution in [0, 0.1) is 5.92 Å². The minimum Gasteiger partial charge on any atom is -0.409 e. The molecule has 3 heteroatoms. The highest BCUT2D eigenvalue weighted by atomic mass is 16.4. The van der Waals surface area contributed by atoms with Gasteiger partial charge in [0.25, 0.3) is 0 Å². The number of hydrogen-bond donors (Lipinski definition) is 2. The maximum absolute atomic E-state index is 8.33. The molecule has 0 saturated heterocycles. The van der Waals surface area contributed by atoms with E-state index >= 15 is 0 Å². The number of rotatable bonds is 3. The molecule has 0 radical (unpaired) electrons. The largest absolute Gasteiger partial charge is 0.409 e. The average molecular weight is 170 g/mol. The van der Waals surface area contributed by atoms with E-state index in [4.69, 9.17) is 10.9 Å². The van der Waals surface area contributed by atoms with Crippen molar-refractivity contribution in [3.05, 3.63) is 0 Å². The summed E-state index contributed by atoms with van der Waals surface area (Å²) in [4.78, 5) is 0. The third-order valence-corrected chi connectivity index (χ3v) is 2.66. The van der Waals surface area contributed by atoms with Crippen molar-refractivity contribution < 1.29 is 5.21 Å². The lowest BCUT2D eigenvalue weighted by molar-refractivity contribution is 0.312. The first kappa shape index (κ1) is 9.36. The van der Waals surface area contributed by atoms with E-state index in [1.165, 1.54) is 32.1 Å². The average Bonchev–Trinajstić information content (AvgIpc) is 2.16. The SMILES string of the molecule is N/C(CCC1CCCCC1)=N\O. The van der Waals surface area contributed by atoms with Gasteiger partial charge in [0.1, 0.15) is 5.84 Å². The van der Waals surface area contributed by atoms with Crippen LogP contribution in [-0.4, -0.2) is 11.0 Å². The molecule has 3 N–H and O–H groups in total. The molecule has 0 amide bonds. The van der Waals surface area contributed by atoms with Gasteiger partial charge in [-0.05, 0) is 12.3 Å². The van der Waals surface area contributed by atoms with Crippen LogP contribution in [0.25, 0.3) is 0 Å². The van der Waals surface area contributed by atoms with Gasteiger partial charge < -0.3 is 10.9 Å². The maximum Gasteiger partial charge on any atom is 0.139 e. The second-order valence-corrected chi connectivity index (χ2v) is 3.63. The fraction of sp³-hybridized carbons (Fsp3) is 0.889. The Balaban J connectivity index is 2.13. The van der Waals surface area contributed by atoms with Crippen LogP contribution < -0.4 is 5.73 Å². The van der Waals surface area contributed by atoms with Crippen molar-refractivity contribution in [3.63, 3.8) is 0 Å². The summed E-state index contributed by atoms with van der Waals surface area (Å²) >= 11 is 0. The molecule has 0 aliphatic heterocycles. The van der Waals surface area contributed by atoms with Crippen LogP contribution in [0.3, 0.4) is 0 Å². The molecule has 0 aromatic heterocycles. The molecule has 1 aliphatic carbocycles. The molecule has 1 aliphatic rings. The molecule has 0 atom stereocenters. The van der Waals surface area contributed by atoms with E-state index in [-0.39, 0.29) is 0 Å². The lowest BCUT2D eigenvalue weighted by Crippen LogP contribution is -2.14. The highest BCUT2D eigenvalue weighted by Crippen LogP contribution is 2.26. The lowest BCUT2D eigenvalue weighted by atomic mass is 9.86. The Labute approximate surface area is 73.6 Å². The second kappa shape index (κ2) is 5.01. The summed E-state index contributed by atoms with van der Waals surface area (Å²) in [5, 5.41) is 11.3. The first-order valence-corrected chi connectivity index (χ1v) is 4.79. The molecular formula is C9H18N2O. The molecule has 1 fully saturated rings. The number of nitrogens with two attached hydrogens (primary N) is 1. The molecule has 12 heavy (non-hydrogen) atoms. The van der Waals surface area contributed by atoms with Crippen molar-refractivity contribution in [2.75, 3.05) is 0 Å². The predicted molar refractivity (Wildman–Crippen MR) is 49.2 cm³/mol. The fourth-order valence-electron chi connectivity index (χ4n) is 1.88. The maximum atomic E-state index is 8.33. The van der Waals surface area contributed by atoms with E-state index in [1.807, 2.05) is 0 Å². The van der Waals surface area contributed by atoms with E-state index in [1.54, 1.807) is 0 Å². The molecule has 1 saturated carbocycles. The normalized spacial score (nSPS) is 21.2. The van der Waals surface area contributed by atoms with Gasteiger partial charge in [-0.3, -0.25) is 0 Å². The summed E-state index contributed by atoms with van der Waals surface area (Å²) in [5.41, 5.74) is 5.39. The molecule has 0 bridgehead atoms. The van der Waals surface area contributed by atoms with Crippen LogP contribution >= 0.6 is 0 Å². The minimum absolute atomic E-state index is 0.376. The van der Waals surface area contributed by atoms with Gasteiger partial charge in [0, 0.05) is 6.42 Å². The standard InChI is InChI=1S/C9H18N2O/c10-9(11-12)7-6-8-4-2-1-3-5-8/h8,12H,1-7H2,(H2,10,11). The van der Waals surface area contributed by atoms with Gasteiger partial charge in [-0.15, -0.1) is 0 Å². The molecule has 0 heterocycles. The first-order chi connectivity index (χ1) is 5.83. The van der Waals surface area contributed by atoms with E-state index in [0.717, 1.165) is 18.8 Å². The van der Waals surface area contributed by atoms with Crippen molar-refractivity contribution in [2.24, 2.45) is 16.8 Å². The fourth-order valence-corrected chi connectivity index (χ4v) is 1.88. The Hall–Kier alpha value is -0.730. The van der Waals surface area contributed by atoms with E-state index in [2.05, 4.69) is 5.16 Å². The summed E-state index contributed by atoms with van der Waals surface area (Å²) in [5.74, 6) is 1.19. The molecular weight excluding hydrogens is 152 g/mol. The smallest absolute Gasteiger partial charge is 0.139 e.